The molecule has 6 aliphatic heterocycles. The van der Waals surface area contributed by atoms with Crippen LogP contribution in [0.25, 0.3) is 21.9 Å². The molecule has 64 heavy (non-hydrogen) atoms. The third-order valence-corrected chi connectivity index (χ3v) is 12.8. The number of carbonyl (C=O) groups excluding carboxylic acids is 1. The highest BCUT2D eigenvalue weighted by Crippen LogP contribution is 2.57. The van der Waals surface area contributed by atoms with E-state index >= 15 is 0 Å². The molecule has 15 atom stereocenters. The number of cyclic esters (lactones) is 1. The number of aliphatic hydroxyl groups excluding tert-OH is 6. The number of carbonyl (C=O) groups is 1. The fraction of sp³-hybridized carbons (Fsp3) is 0.585. The number of methoxy groups -OCH3 is 2. The first kappa shape index (κ1) is 43.6. The third-order valence-electron chi connectivity index (χ3n) is 12.8. The topological polar surface area (TPSA) is 319 Å². The van der Waals surface area contributed by atoms with Crippen LogP contribution in [0.15, 0.2) is 30.3 Å². The van der Waals surface area contributed by atoms with Crippen molar-refractivity contribution in [3.8, 4) is 39.9 Å². The van der Waals surface area contributed by atoms with E-state index in [1.54, 1.807) is 30.3 Å². The van der Waals surface area contributed by atoms with Crippen LogP contribution in [0.5, 0.6) is 28.7 Å². The Morgan fingerprint density at radius 2 is 1.44 bits per heavy atom. The molecule has 1 saturated carbocycles. The highest BCUT2D eigenvalue weighted by atomic mass is 16.8. The van der Waals surface area contributed by atoms with Gasteiger partial charge < -0.3 is 108 Å². The minimum absolute atomic E-state index is 0.00277. The molecule has 0 amide bonds. The number of aliphatic hydroxyl groups is 9. The lowest BCUT2D eigenvalue weighted by atomic mass is 9.89. The minimum Gasteiger partial charge on any atom is -0.493 e. The minimum atomic E-state index is -2.26. The van der Waals surface area contributed by atoms with Crippen LogP contribution in [0.1, 0.15) is 15.9 Å². The van der Waals surface area contributed by atoms with Gasteiger partial charge in [0.25, 0.3) is 0 Å². The molecule has 0 spiro atoms. The number of fused-ring (bicyclic) bond motifs is 4. The van der Waals surface area contributed by atoms with E-state index in [1.807, 2.05) is 0 Å². The maximum atomic E-state index is 13.7. The van der Waals surface area contributed by atoms with Crippen LogP contribution < -0.4 is 23.7 Å². The Kier molecular flexibility index (Phi) is 10.9. The van der Waals surface area contributed by atoms with E-state index in [4.69, 9.17) is 61.6 Å². The molecule has 1 aliphatic carbocycles. The molecule has 0 aromatic heterocycles. The Morgan fingerprint density at radius 1 is 0.719 bits per heavy atom. The molecule has 0 radical (unpaired) electrons. The van der Waals surface area contributed by atoms with Crippen LogP contribution in [0.3, 0.4) is 0 Å². The average molecular weight is 907 g/mol. The fourth-order valence-corrected chi connectivity index (χ4v) is 9.08. The first-order chi connectivity index (χ1) is 30.6. The number of hydrogen-bond donors (Lipinski definition) is 9. The summed E-state index contributed by atoms with van der Waals surface area (Å²) >= 11 is 0. The summed E-state index contributed by atoms with van der Waals surface area (Å²) in [6.45, 7) is -3.09. The van der Waals surface area contributed by atoms with E-state index < -0.39 is 130 Å². The molecular formula is C41H46O23. The number of hydrogen-bond acceptors (Lipinski definition) is 23. The molecule has 3 aromatic rings. The predicted octanol–water partition coefficient (Wildman–Crippen LogP) is -3.11. The van der Waals surface area contributed by atoms with Gasteiger partial charge in [-0.2, -0.15) is 0 Å². The van der Waals surface area contributed by atoms with Crippen LogP contribution in [0, 0.1) is 0 Å². The standard InChI is InChI=1S/C41H46O23/c1-52-22-6-16-17(7-23(22)53-2)30(18-8-54-33(47)26(18)25(16)15-3-4-21-24(5-15)61-14-60-21)62-36-32(39(49,12-58-36)11-57-34-28(45)27(44)19(42)9-55-34)64-35-29(46)31(20(43)10-56-35)63-38-41(51)37(48)40(41,50)13-59-38/h3-7,19-20,27-29,31-32,34-38,42-46,48-51H,8-14H2,1-2H3/t19-,20+,27+,28-,29-,31+,32+,34+,35+,36+,37?,38+,39-,40+,41-/m1/s1. The zero-order valence-electron chi connectivity index (χ0n) is 34.0. The molecule has 0 bridgehead atoms. The Hall–Kier alpha value is -4.25. The molecule has 6 heterocycles. The Morgan fingerprint density at radius 3 is 2.17 bits per heavy atom. The van der Waals surface area contributed by atoms with E-state index in [9.17, 15) is 50.8 Å². The molecule has 1 unspecified atom stereocenters. The van der Waals surface area contributed by atoms with Crippen LogP contribution in [-0.2, 0) is 44.5 Å². The van der Waals surface area contributed by atoms with Crippen molar-refractivity contribution >= 4 is 16.7 Å². The Bertz CT molecular complexity index is 2310. The lowest BCUT2D eigenvalue weighted by Gasteiger charge is -2.42. The highest BCUT2D eigenvalue weighted by molar-refractivity contribution is 6.14. The summed E-state index contributed by atoms with van der Waals surface area (Å²) in [6, 6.07) is 8.42. The number of benzene rings is 3. The van der Waals surface area contributed by atoms with Gasteiger partial charge in [0.05, 0.1) is 52.8 Å². The second-order valence-corrected chi connectivity index (χ2v) is 16.6. The molecule has 10 rings (SSSR count). The van der Waals surface area contributed by atoms with Gasteiger partial charge in [-0.05, 0) is 35.2 Å². The molecule has 7 aliphatic rings. The van der Waals surface area contributed by atoms with Gasteiger partial charge in [0.2, 0.25) is 13.1 Å². The van der Waals surface area contributed by atoms with Gasteiger partial charge in [0, 0.05) is 16.5 Å². The van der Waals surface area contributed by atoms with Crippen LogP contribution in [0.2, 0.25) is 0 Å². The lowest BCUT2D eigenvalue weighted by Crippen LogP contribution is -2.61. The zero-order chi connectivity index (χ0) is 45.0. The molecule has 4 saturated heterocycles. The van der Waals surface area contributed by atoms with Crippen molar-refractivity contribution in [1.82, 2.24) is 0 Å². The van der Waals surface area contributed by atoms with Crippen molar-refractivity contribution in [1.29, 1.82) is 0 Å². The zero-order valence-corrected chi connectivity index (χ0v) is 34.0. The van der Waals surface area contributed by atoms with E-state index in [0.717, 1.165) is 0 Å². The molecule has 348 valence electrons. The molecule has 23 nitrogen and oxygen atoms in total. The lowest BCUT2D eigenvalue weighted by molar-refractivity contribution is -0.335. The van der Waals surface area contributed by atoms with Crippen molar-refractivity contribution in [3.63, 3.8) is 0 Å². The van der Waals surface area contributed by atoms with Gasteiger partial charge in [-0.1, -0.05) is 6.07 Å². The van der Waals surface area contributed by atoms with E-state index in [1.165, 1.54) is 14.2 Å². The summed E-state index contributed by atoms with van der Waals surface area (Å²) in [5.41, 5.74) is -5.18. The summed E-state index contributed by atoms with van der Waals surface area (Å²) in [7, 11) is 2.86. The van der Waals surface area contributed by atoms with Crippen molar-refractivity contribution in [2.75, 3.05) is 54.0 Å². The Balaban J connectivity index is 1.02. The van der Waals surface area contributed by atoms with Gasteiger partial charge in [-0.15, -0.1) is 0 Å². The molecule has 23 heteroatoms. The quantitative estimate of drug-likeness (QED) is 0.0813. The van der Waals surface area contributed by atoms with Crippen molar-refractivity contribution in [2.24, 2.45) is 0 Å². The van der Waals surface area contributed by atoms with Gasteiger partial charge in [-0.25, -0.2) is 4.79 Å². The maximum absolute atomic E-state index is 13.7. The highest BCUT2D eigenvalue weighted by Gasteiger charge is 2.85. The fourth-order valence-electron chi connectivity index (χ4n) is 9.08. The molecule has 5 fully saturated rings. The second-order valence-electron chi connectivity index (χ2n) is 16.6. The maximum Gasteiger partial charge on any atom is 0.339 e. The normalized spacial score (nSPS) is 39.7. The summed E-state index contributed by atoms with van der Waals surface area (Å²) in [5, 5.41) is 98.1. The number of esters is 1. The van der Waals surface area contributed by atoms with Crippen LogP contribution in [-0.4, -0.2) is 197 Å². The van der Waals surface area contributed by atoms with E-state index in [0.29, 0.717) is 39.1 Å². The summed E-state index contributed by atoms with van der Waals surface area (Å²) in [5.74, 6) is 0.836. The third kappa shape index (κ3) is 6.69. The molecule has 3 aromatic carbocycles. The van der Waals surface area contributed by atoms with Crippen LogP contribution in [0.4, 0.5) is 0 Å². The largest absolute Gasteiger partial charge is 0.493 e. The van der Waals surface area contributed by atoms with Crippen molar-refractivity contribution < 1.29 is 112 Å². The monoisotopic (exact) mass is 906 g/mol. The van der Waals surface area contributed by atoms with Gasteiger partial charge in [0.1, 0.15) is 60.7 Å². The predicted molar refractivity (Wildman–Crippen MR) is 204 cm³/mol. The number of rotatable bonds is 12. The first-order valence-electron chi connectivity index (χ1n) is 20.2. The number of ether oxygens (including phenoxy) is 13. The smallest absolute Gasteiger partial charge is 0.339 e. The second kappa shape index (κ2) is 16.0. The van der Waals surface area contributed by atoms with Gasteiger partial charge >= 0.3 is 5.97 Å². The summed E-state index contributed by atoms with van der Waals surface area (Å²) in [6.07, 6.45) is -20.0. The molecule has 9 N–H and O–H groups in total. The average Bonchev–Trinajstić information content (AvgIpc) is 3.92. The van der Waals surface area contributed by atoms with E-state index in [-0.39, 0.29) is 36.0 Å². The SMILES string of the molecule is COc1cc2c(O[C@@H]3OC[C@](O)(CO[C@@H]4OC[C@@H](O)[C@H](O)[C@H]4O)[C@H]3O[C@@H]3OC[C@H](O)[C@H](O[C@@H]4OC[C@]5(O)C(O)[C@@]45O)[C@H]3O)c3c(c(-c4ccc5c(c4)OCO5)c2cc1OC)C(=O)OC3. The van der Waals surface area contributed by atoms with Crippen LogP contribution >= 0.6 is 0 Å². The van der Waals surface area contributed by atoms with Gasteiger partial charge in [0.15, 0.2) is 59.2 Å². The summed E-state index contributed by atoms with van der Waals surface area (Å²) < 4.78 is 75.0. The van der Waals surface area contributed by atoms with Gasteiger partial charge in [-0.3, -0.25) is 0 Å². The Labute approximate surface area is 361 Å². The summed E-state index contributed by atoms with van der Waals surface area (Å²) in [4.78, 5) is 13.7. The molecular weight excluding hydrogens is 860 g/mol. The van der Waals surface area contributed by atoms with Crippen molar-refractivity contribution in [2.45, 2.75) is 97.4 Å². The van der Waals surface area contributed by atoms with Crippen molar-refractivity contribution in [3.05, 3.63) is 41.5 Å². The first-order valence-corrected chi connectivity index (χ1v) is 20.2. The van der Waals surface area contributed by atoms with E-state index in [2.05, 4.69) is 0 Å².